The number of amides is 2. The van der Waals surface area contributed by atoms with Crippen LogP contribution in [-0.2, 0) is 4.79 Å². The van der Waals surface area contributed by atoms with Gasteiger partial charge >= 0.3 is 0 Å². The molecule has 2 aromatic rings. The molecule has 6 heteroatoms. The van der Waals surface area contributed by atoms with Crippen LogP contribution in [0.5, 0.6) is 0 Å². The number of rotatable bonds is 4. The summed E-state index contributed by atoms with van der Waals surface area (Å²) in [6, 6.07) is 5.37. The Labute approximate surface area is 110 Å². The summed E-state index contributed by atoms with van der Waals surface area (Å²) >= 11 is 0. The van der Waals surface area contributed by atoms with E-state index in [0.29, 0.717) is 24.3 Å². The first kappa shape index (κ1) is 12.9. The number of anilines is 1. The second kappa shape index (κ2) is 5.43. The summed E-state index contributed by atoms with van der Waals surface area (Å²) in [6.45, 7) is 2.23. The molecule has 0 unspecified atom stereocenters. The Morgan fingerprint density at radius 3 is 2.74 bits per heavy atom. The van der Waals surface area contributed by atoms with Crippen LogP contribution in [0.1, 0.15) is 17.3 Å². The Kier molecular flexibility index (Phi) is 3.70. The van der Waals surface area contributed by atoms with Gasteiger partial charge in [-0.2, -0.15) is 0 Å². The Hall–Kier alpha value is -2.50. The fraction of sp³-hybridized carbons (Fsp3) is 0.231. The molecule has 0 aliphatic carbocycles. The standard InChI is InChI=1S/C13H16N4O2/c1-8(18)15-4-5-16-13(19)11-7-17-12-3-2-9(14)6-10(11)12/h2-3,6-7,17H,4-5,14H2,1H3,(H,15,18)(H,16,19). The number of hydrogen-bond donors (Lipinski definition) is 4. The largest absolute Gasteiger partial charge is 0.399 e. The van der Waals surface area contributed by atoms with Crippen molar-refractivity contribution in [3.8, 4) is 0 Å². The molecular weight excluding hydrogens is 244 g/mol. The number of benzene rings is 1. The van der Waals surface area contributed by atoms with E-state index < -0.39 is 0 Å². The van der Waals surface area contributed by atoms with Crippen molar-refractivity contribution in [2.45, 2.75) is 6.92 Å². The van der Waals surface area contributed by atoms with E-state index in [1.54, 1.807) is 18.3 Å². The van der Waals surface area contributed by atoms with Gasteiger partial charge in [0.1, 0.15) is 0 Å². The molecule has 1 heterocycles. The van der Waals surface area contributed by atoms with Crippen molar-refractivity contribution in [1.82, 2.24) is 15.6 Å². The molecule has 100 valence electrons. The van der Waals surface area contributed by atoms with Crippen molar-refractivity contribution in [1.29, 1.82) is 0 Å². The zero-order valence-corrected chi connectivity index (χ0v) is 10.6. The van der Waals surface area contributed by atoms with E-state index in [2.05, 4.69) is 15.6 Å². The van der Waals surface area contributed by atoms with Crippen LogP contribution in [0, 0.1) is 0 Å². The molecule has 0 aliphatic rings. The van der Waals surface area contributed by atoms with Gasteiger partial charge in [-0.1, -0.05) is 0 Å². The summed E-state index contributed by atoms with van der Waals surface area (Å²) in [5.41, 5.74) is 7.73. The number of hydrogen-bond acceptors (Lipinski definition) is 3. The summed E-state index contributed by atoms with van der Waals surface area (Å²) < 4.78 is 0. The lowest BCUT2D eigenvalue weighted by molar-refractivity contribution is -0.118. The molecule has 5 N–H and O–H groups in total. The Balaban J connectivity index is 2.05. The van der Waals surface area contributed by atoms with Gasteiger partial charge < -0.3 is 21.4 Å². The summed E-state index contributed by atoms with van der Waals surface area (Å²) in [5.74, 6) is -0.309. The molecule has 2 amide bonds. The number of aromatic amines is 1. The van der Waals surface area contributed by atoms with E-state index in [-0.39, 0.29) is 11.8 Å². The normalized spacial score (nSPS) is 10.4. The summed E-state index contributed by atoms with van der Waals surface area (Å²) in [6.07, 6.45) is 1.65. The Bertz CT molecular complexity index is 618. The van der Waals surface area contributed by atoms with Crippen LogP contribution in [0.25, 0.3) is 10.9 Å². The minimum absolute atomic E-state index is 0.117. The summed E-state index contributed by atoms with van der Waals surface area (Å²) in [5, 5.41) is 6.14. The molecule has 0 spiro atoms. The van der Waals surface area contributed by atoms with Crippen molar-refractivity contribution in [2.24, 2.45) is 0 Å². The predicted molar refractivity (Wildman–Crippen MR) is 73.7 cm³/mol. The Morgan fingerprint density at radius 2 is 2.00 bits per heavy atom. The molecule has 0 aliphatic heterocycles. The lowest BCUT2D eigenvalue weighted by atomic mass is 10.1. The number of fused-ring (bicyclic) bond motifs is 1. The molecule has 0 fully saturated rings. The maximum atomic E-state index is 12.0. The van der Waals surface area contributed by atoms with Gasteiger partial charge in [0.2, 0.25) is 5.91 Å². The molecule has 1 aromatic carbocycles. The highest BCUT2D eigenvalue weighted by atomic mass is 16.2. The van der Waals surface area contributed by atoms with Crippen molar-refractivity contribution in [2.75, 3.05) is 18.8 Å². The Morgan fingerprint density at radius 1 is 1.26 bits per heavy atom. The van der Waals surface area contributed by atoms with Crippen LogP contribution >= 0.6 is 0 Å². The van der Waals surface area contributed by atoms with E-state index in [4.69, 9.17) is 5.73 Å². The molecule has 2 rings (SSSR count). The van der Waals surface area contributed by atoms with E-state index in [1.165, 1.54) is 6.92 Å². The lowest BCUT2D eigenvalue weighted by Crippen LogP contribution is -2.33. The van der Waals surface area contributed by atoms with Gasteiger partial charge in [-0.15, -0.1) is 0 Å². The van der Waals surface area contributed by atoms with Crippen LogP contribution < -0.4 is 16.4 Å². The quantitative estimate of drug-likeness (QED) is 0.479. The fourth-order valence-corrected chi connectivity index (χ4v) is 1.84. The minimum atomic E-state index is -0.192. The zero-order chi connectivity index (χ0) is 13.8. The first-order valence-corrected chi connectivity index (χ1v) is 5.97. The van der Waals surface area contributed by atoms with E-state index in [0.717, 1.165) is 10.9 Å². The highest BCUT2D eigenvalue weighted by molar-refractivity contribution is 6.07. The fourth-order valence-electron chi connectivity index (χ4n) is 1.84. The first-order chi connectivity index (χ1) is 9.08. The number of carbonyl (C=O) groups is 2. The van der Waals surface area contributed by atoms with Crippen molar-refractivity contribution >= 4 is 28.4 Å². The van der Waals surface area contributed by atoms with Gasteiger partial charge in [-0.05, 0) is 18.2 Å². The number of nitrogen functional groups attached to an aromatic ring is 1. The van der Waals surface area contributed by atoms with Gasteiger partial charge in [0, 0.05) is 42.8 Å². The van der Waals surface area contributed by atoms with Gasteiger partial charge in [-0.25, -0.2) is 0 Å². The van der Waals surface area contributed by atoms with Crippen LogP contribution in [0.3, 0.4) is 0 Å². The molecule has 0 atom stereocenters. The molecule has 0 saturated heterocycles. The zero-order valence-electron chi connectivity index (χ0n) is 10.6. The second-order valence-corrected chi connectivity index (χ2v) is 4.25. The summed E-state index contributed by atoms with van der Waals surface area (Å²) in [4.78, 5) is 25.7. The maximum Gasteiger partial charge on any atom is 0.253 e. The highest BCUT2D eigenvalue weighted by Gasteiger charge is 2.11. The average molecular weight is 260 g/mol. The van der Waals surface area contributed by atoms with Crippen molar-refractivity contribution in [3.63, 3.8) is 0 Å². The van der Waals surface area contributed by atoms with E-state index in [1.807, 2.05) is 6.07 Å². The average Bonchev–Trinajstić information content (AvgIpc) is 2.77. The van der Waals surface area contributed by atoms with Crippen LogP contribution in [-0.4, -0.2) is 29.9 Å². The number of H-pyrrole nitrogens is 1. The maximum absolute atomic E-state index is 12.0. The van der Waals surface area contributed by atoms with Crippen LogP contribution in [0.2, 0.25) is 0 Å². The first-order valence-electron chi connectivity index (χ1n) is 5.97. The smallest absolute Gasteiger partial charge is 0.253 e. The molecule has 0 bridgehead atoms. The monoisotopic (exact) mass is 260 g/mol. The van der Waals surface area contributed by atoms with Gasteiger partial charge in [0.05, 0.1) is 5.56 Å². The van der Waals surface area contributed by atoms with Gasteiger partial charge in [-0.3, -0.25) is 9.59 Å². The third kappa shape index (κ3) is 3.04. The molecule has 6 nitrogen and oxygen atoms in total. The third-order valence-electron chi connectivity index (χ3n) is 2.73. The van der Waals surface area contributed by atoms with Crippen LogP contribution in [0.15, 0.2) is 24.4 Å². The predicted octanol–water partition coefficient (Wildman–Crippen LogP) is 0.616. The number of nitrogens with two attached hydrogens (primary N) is 1. The van der Waals surface area contributed by atoms with E-state index >= 15 is 0 Å². The van der Waals surface area contributed by atoms with Crippen LogP contribution in [0.4, 0.5) is 5.69 Å². The molecule has 1 aromatic heterocycles. The molecule has 0 radical (unpaired) electrons. The van der Waals surface area contributed by atoms with Gasteiger partial charge in [0.25, 0.3) is 5.91 Å². The number of carbonyl (C=O) groups excluding carboxylic acids is 2. The van der Waals surface area contributed by atoms with Crippen molar-refractivity contribution in [3.05, 3.63) is 30.0 Å². The second-order valence-electron chi connectivity index (χ2n) is 4.25. The third-order valence-corrected chi connectivity index (χ3v) is 2.73. The van der Waals surface area contributed by atoms with E-state index in [9.17, 15) is 9.59 Å². The lowest BCUT2D eigenvalue weighted by Gasteiger charge is -2.05. The molecule has 0 saturated carbocycles. The number of aromatic nitrogens is 1. The summed E-state index contributed by atoms with van der Waals surface area (Å²) in [7, 11) is 0. The minimum Gasteiger partial charge on any atom is -0.399 e. The highest BCUT2D eigenvalue weighted by Crippen LogP contribution is 2.20. The molecular formula is C13H16N4O2. The SMILES string of the molecule is CC(=O)NCCNC(=O)c1c[nH]c2ccc(N)cc12. The molecule has 19 heavy (non-hydrogen) atoms. The van der Waals surface area contributed by atoms with Gasteiger partial charge in [0.15, 0.2) is 0 Å². The number of nitrogens with one attached hydrogen (secondary N) is 3. The topological polar surface area (TPSA) is 100 Å². The van der Waals surface area contributed by atoms with Crippen molar-refractivity contribution < 1.29 is 9.59 Å².